The number of rotatable bonds is 6. The number of nitrogens with zero attached hydrogens (tertiary/aromatic N) is 3. The van der Waals surface area contributed by atoms with Crippen molar-refractivity contribution in [3.63, 3.8) is 0 Å². The van der Waals surface area contributed by atoms with Gasteiger partial charge in [-0.3, -0.25) is 14.8 Å². The van der Waals surface area contributed by atoms with E-state index >= 15 is 0 Å². The van der Waals surface area contributed by atoms with Gasteiger partial charge in [-0.1, -0.05) is 6.92 Å². The van der Waals surface area contributed by atoms with Gasteiger partial charge >= 0.3 is 0 Å². The second-order valence-corrected chi connectivity index (χ2v) is 8.00. The molecule has 6 nitrogen and oxygen atoms in total. The van der Waals surface area contributed by atoms with E-state index in [-0.39, 0.29) is 6.04 Å². The maximum absolute atomic E-state index is 5.72. The summed E-state index contributed by atoms with van der Waals surface area (Å²) in [6, 6.07) is 5.36. The van der Waals surface area contributed by atoms with E-state index in [9.17, 15) is 0 Å². The van der Waals surface area contributed by atoms with Crippen molar-refractivity contribution in [3.8, 4) is 0 Å². The van der Waals surface area contributed by atoms with E-state index in [0.717, 1.165) is 44.4 Å². The molecular formula is C20H35N5O. The van der Waals surface area contributed by atoms with Crippen LogP contribution in [-0.4, -0.2) is 67.6 Å². The van der Waals surface area contributed by atoms with Gasteiger partial charge in [0.15, 0.2) is 5.96 Å². The zero-order valence-corrected chi connectivity index (χ0v) is 16.7. The van der Waals surface area contributed by atoms with E-state index in [1.54, 1.807) is 6.26 Å². The molecule has 0 aliphatic carbocycles. The average molecular weight is 362 g/mol. The van der Waals surface area contributed by atoms with Crippen LogP contribution in [0, 0.1) is 5.92 Å². The molecule has 1 aromatic rings. The molecule has 6 heteroatoms. The fraction of sp³-hybridized carbons (Fsp3) is 0.750. The molecule has 0 amide bonds. The van der Waals surface area contributed by atoms with Gasteiger partial charge < -0.3 is 15.1 Å². The first kappa shape index (κ1) is 19.2. The molecule has 3 rings (SSSR count). The molecule has 2 aliphatic heterocycles. The van der Waals surface area contributed by atoms with Crippen molar-refractivity contribution in [1.29, 1.82) is 0 Å². The lowest BCUT2D eigenvalue weighted by Gasteiger charge is -2.28. The van der Waals surface area contributed by atoms with Crippen LogP contribution in [-0.2, 0) is 0 Å². The largest absolute Gasteiger partial charge is 0.468 e. The highest BCUT2D eigenvalue weighted by Gasteiger charge is 2.32. The normalized spacial score (nSPS) is 26.6. The van der Waals surface area contributed by atoms with E-state index in [2.05, 4.69) is 52.3 Å². The topological polar surface area (TPSA) is 56.0 Å². The zero-order chi connectivity index (χ0) is 18.5. The van der Waals surface area contributed by atoms with E-state index in [1.165, 1.54) is 12.8 Å². The van der Waals surface area contributed by atoms with Crippen LogP contribution in [0.15, 0.2) is 27.8 Å². The van der Waals surface area contributed by atoms with Crippen molar-refractivity contribution in [2.45, 2.75) is 51.7 Å². The van der Waals surface area contributed by atoms with Gasteiger partial charge in [-0.25, -0.2) is 0 Å². The lowest BCUT2D eigenvalue weighted by molar-refractivity contribution is 0.215. The fourth-order valence-electron chi connectivity index (χ4n) is 4.12. The Morgan fingerprint density at radius 2 is 2.04 bits per heavy atom. The molecule has 0 aromatic carbocycles. The van der Waals surface area contributed by atoms with Gasteiger partial charge in [-0.2, -0.15) is 0 Å². The second-order valence-electron chi connectivity index (χ2n) is 8.00. The van der Waals surface area contributed by atoms with Crippen molar-refractivity contribution in [1.82, 2.24) is 20.4 Å². The van der Waals surface area contributed by atoms with Gasteiger partial charge in [0, 0.05) is 38.8 Å². The third-order valence-corrected chi connectivity index (χ3v) is 5.83. The molecule has 2 N–H and O–H groups in total. The van der Waals surface area contributed by atoms with Gasteiger partial charge in [0.05, 0.1) is 12.3 Å². The second kappa shape index (κ2) is 8.91. The highest BCUT2D eigenvalue weighted by Crippen LogP contribution is 2.25. The molecule has 0 saturated carbocycles. The Kier molecular flexibility index (Phi) is 6.59. The Morgan fingerprint density at radius 1 is 1.27 bits per heavy atom. The van der Waals surface area contributed by atoms with Crippen LogP contribution in [0.3, 0.4) is 0 Å². The molecular weight excluding hydrogens is 326 g/mol. The predicted octanol–water partition coefficient (Wildman–Crippen LogP) is 2.31. The minimum atomic E-state index is 0.263. The van der Waals surface area contributed by atoms with E-state index < -0.39 is 0 Å². The van der Waals surface area contributed by atoms with Crippen LogP contribution >= 0.6 is 0 Å². The molecule has 0 bridgehead atoms. The summed E-state index contributed by atoms with van der Waals surface area (Å²) in [5.41, 5.74) is 0. The van der Waals surface area contributed by atoms with Crippen LogP contribution in [0.4, 0.5) is 0 Å². The van der Waals surface area contributed by atoms with E-state index in [0.29, 0.717) is 18.0 Å². The van der Waals surface area contributed by atoms with Crippen molar-refractivity contribution in [3.05, 3.63) is 24.2 Å². The summed E-state index contributed by atoms with van der Waals surface area (Å²) in [4.78, 5) is 9.51. The molecule has 3 atom stereocenters. The maximum atomic E-state index is 5.72. The van der Waals surface area contributed by atoms with Crippen molar-refractivity contribution >= 4 is 5.96 Å². The minimum Gasteiger partial charge on any atom is -0.468 e. The highest BCUT2D eigenvalue weighted by molar-refractivity contribution is 5.80. The lowest BCUT2D eigenvalue weighted by Crippen LogP contribution is -2.48. The quantitative estimate of drug-likeness (QED) is 0.602. The van der Waals surface area contributed by atoms with Crippen LogP contribution in [0.5, 0.6) is 0 Å². The number of guanidine groups is 1. The summed E-state index contributed by atoms with van der Waals surface area (Å²) in [5, 5.41) is 7.18. The Labute approximate surface area is 158 Å². The zero-order valence-electron chi connectivity index (χ0n) is 16.7. The summed E-state index contributed by atoms with van der Waals surface area (Å²) in [7, 11) is 1.85. The molecule has 1 aromatic heterocycles. The van der Waals surface area contributed by atoms with Crippen LogP contribution in [0.25, 0.3) is 0 Å². The van der Waals surface area contributed by atoms with Crippen molar-refractivity contribution in [2.75, 3.05) is 39.8 Å². The monoisotopic (exact) mass is 361 g/mol. The highest BCUT2D eigenvalue weighted by atomic mass is 16.3. The molecule has 3 unspecified atom stereocenters. The first-order valence-electron chi connectivity index (χ1n) is 10.1. The number of furan rings is 1. The minimum absolute atomic E-state index is 0.263. The maximum Gasteiger partial charge on any atom is 0.191 e. The first-order valence-corrected chi connectivity index (χ1v) is 10.1. The number of likely N-dealkylation sites (tertiary alicyclic amines) is 2. The van der Waals surface area contributed by atoms with Gasteiger partial charge in [-0.15, -0.1) is 0 Å². The van der Waals surface area contributed by atoms with E-state index in [1.807, 2.05) is 13.1 Å². The summed E-state index contributed by atoms with van der Waals surface area (Å²) in [6.45, 7) is 12.2. The SMILES string of the molecule is CN=C(NCC(c1ccco1)N1CCCC1)NC1CN(C(C)C)CC1C. The standard InChI is InChI=1S/C20H35N5O/c1-15(2)25-13-16(3)17(14-25)23-20(21-4)22-12-18(19-8-7-11-26-19)24-9-5-6-10-24/h7-8,11,15-18H,5-6,9-10,12-14H2,1-4H3,(H2,21,22,23). The Balaban J connectivity index is 1.57. The predicted molar refractivity (Wildman–Crippen MR) is 106 cm³/mol. The average Bonchev–Trinajstić information content (AvgIpc) is 3.37. The molecule has 0 spiro atoms. The third kappa shape index (κ3) is 4.60. The van der Waals surface area contributed by atoms with Crippen LogP contribution in [0.2, 0.25) is 0 Å². The molecule has 2 fully saturated rings. The third-order valence-electron chi connectivity index (χ3n) is 5.83. The first-order chi connectivity index (χ1) is 12.6. The number of nitrogens with one attached hydrogen (secondary N) is 2. The van der Waals surface area contributed by atoms with Gasteiger partial charge in [0.1, 0.15) is 5.76 Å². The lowest BCUT2D eigenvalue weighted by atomic mass is 10.1. The molecule has 2 saturated heterocycles. The van der Waals surface area contributed by atoms with Crippen LogP contribution < -0.4 is 10.6 Å². The summed E-state index contributed by atoms with van der Waals surface area (Å²) in [5.74, 6) is 2.55. The van der Waals surface area contributed by atoms with Crippen LogP contribution in [0.1, 0.15) is 45.4 Å². The Morgan fingerprint density at radius 3 is 2.62 bits per heavy atom. The van der Waals surface area contributed by atoms with Gasteiger partial charge in [0.2, 0.25) is 0 Å². The Bertz CT molecular complexity index is 565. The van der Waals surface area contributed by atoms with Crippen molar-refractivity contribution < 1.29 is 4.42 Å². The molecule has 146 valence electrons. The number of hydrogen-bond donors (Lipinski definition) is 2. The fourth-order valence-corrected chi connectivity index (χ4v) is 4.12. The summed E-state index contributed by atoms with van der Waals surface area (Å²) < 4.78 is 5.72. The van der Waals surface area contributed by atoms with Crippen molar-refractivity contribution in [2.24, 2.45) is 10.9 Å². The molecule has 3 heterocycles. The van der Waals surface area contributed by atoms with Gasteiger partial charge in [0.25, 0.3) is 0 Å². The van der Waals surface area contributed by atoms with E-state index in [4.69, 9.17) is 4.42 Å². The smallest absolute Gasteiger partial charge is 0.191 e. The Hall–Kier alpha value is -1.53. The summed E-state index contributed by atoms with van der Waals surface area (Å²) in [6.07, 6.45) is 4.32. The molecule has 26 heavy (non-hydrogen) atoms. The number of hydrogen-bond acceptors (Lipinski definition) is 4. The summed E-state index contributed by atoms with van der Waals surface area (Å²) >= 11 is 0. The molecule has 2 aliphatic rings. The number of aliphatic imine (C=N–C) groups is 1. The van der Waals surface area contributed by atoms with Gasteiger partial charge in [-0.05, 0) is 57.8 Å². The molecule has 0 radical (unpaired) electrons.